The van der Waals surface area contributed by atoms with Crippen molar-refractivity contribution >= 4 is 30.1 Å². The van der Waals surface area contributed by atoms with Crippen LogP contribution in [0.3, 0.4) is 0 Å². The Bertz CT molecular complexity index is 468. The van der Waals surface area contributed by atoms with E-state index < -0.39 is 6.64 Å². The molecule has 112 valence electrons. The highest BCUT2D eigenvalue weighted by Gasteiger charge is 2.18. The van der Waals surface area contributed by atoms with Crippen LogP contribution < -0.4 is 5.09 Å². The van der Waals surface area contributed by atoms with E-state index in [9.17, 15) is 4.79 Å². The monoisotopic (exact) mass is 317 g/mol. The third kappa shape index (κ3) is 5.21. The van der Waals surface area contributed by atoms with Gasteiger partial charge in [0.15, 0.2) is 0 Å². The molecule has 0 fully saturated rings. The molecule has 0 aliphatic carbocycles. The minimum absolute atomic E-state index is 0.340. The molecule has 20 heavy (non-hydrogen) atoms. The molecule has 0 bridgehead atoms. The lowest BCUT2D eigenvalue weighted by atomic mass is 10.2. The Morgan fingerprint density at radius 2 is 1.65 bits per heavy atom. The van der Waals surface area contributed by atoms with Gasteiger partial charge in [0.25, 0.3) is 6.64 Å². The van der Waals surface area contributed by atoms with Gasteiger partial charge in [0.05, 0.1) is 25.4 Å². The van der Waals surface area contributed by atoms with Crippen LogP contribution in [0.4, 0.5) is 5.69 Å². The summed E-state index contributed by atoms with van der Waals surface area (Å²) in [7, 11) is 0. The van der Waals surface area contributed by atoms with Crippen molar-refractivity contribution in [2.24, 2.45) is 0 Å². The lowest BCUT2D eigenvalue weighted by Crippen LogP contribution is -2.06. The van der Waals surface area contributed by atoms with Crippen molar-refractivity contribution < 1.29 is 18.6 Å². The summed E-state index contributed by atoms with van der Waals surface area (Å²) in [6.07, 6.45) is 0. The van der Waals surface area contributed by atoms with Gasteiger partial charge < -0.3 is 18.9 Å². The van der Waals surface area contributed by atoms with Crippen LogP contribution in [0.25, 0.3) is 0 Å². The maximum atomic E-state index is 11.5. The molecule has 1 aromatic carbocycles. The largest absolute Gasteiger partial charge is 0.462 e. The van der Waals surface area contributed by atoms with Gasteiger partial charge in [-0.2, -0.15) is 0 Å². The van der Waals surface area contributed by atoms with Gasteiger partial charge >= 0.3 is 5.97 Å². The van der Waals surface area contributed by atoms with E-state index in [0.29, 0.717) is 25.4 Å². The van der Waals surface area contributed by atoms with Gasteiger partial charge in [0.1, 0.15) is 0 Å². The fraction of sp³-hybridized carbons (Fsp3) is 0.462. The fourth-order valence-corrected chi connectivity index (χ4v) is 3.79. The lowest BCUT2D eigenvalue weighted by molar-refractivity contribution is 0.0526. The smallest absolute Gasteiger partial charge is 0.338 e. The van der Waals surface area contributed by atoms with Crippen molar-refractivity contribution in [1.29, 1.82) is 0 Å². The number of ether oxygens (including phenoxy) is 1. The van der Waals surface area contributed by atoms with Gasteiger partial charge in [0, 0.05) is 5.69 Å². The predicted octanol–water partition coefficient (Wildman–Crippen LogP) is 3.57. The zero-order chi connectivity index (χ0) is 15.0. The summed E-state index contributed by atoms with van der Waals surface area (Å²) in [6.45, 7) is 4.29. The maximum Gasteiger partial charge on any atom is 0.338 e. The normalized spacial score (nSPS) is 11.2. The maximum absolute atomic E-state index is 11.5. The highest BCUT2D eigenvalue weighted by Crippen LogP contribution is 2.48. The molecule has 0 aliphatic rings. The Morgan fingerprint density at radius 3 is 2.10 bits per heavy atom. The number of carbonyl (C=O) groups is 1. The third-order valence-corrected chi connectivity index (χ3v) is 4.89. The standard InChI is InChI=1S/C13H20NO4PS/c1-4-16-13(15)11-7-9-12(10-8-11)14-19(20,17-5-2)18-6-3/h7-10H,4-6H2,1-3H3,(H,14,20). The van der Waals surface area contributed by atoms with Gasteiger partial charge in [-0.25, -0.2) is 4.79 Å². The lowest BCUT2D eigenvalue weighted by Gasteiger charge is -2.22. The Hall–Kier alpha value is -0.940. The number of carbonyl (C=O) groups excluding carboxylic acids is 1. The molecular weight excluding hydrogens is 297 g/mol. The Labute approximate surface area is 124 Å². The SMILES string of the molecule is CCOC(=O)c1ccc(NP(=S)(OCC)OCC)cc1. The van der Waals surface area contributed by atoms with Crippen LogP contribution in [0.5, 0.6) is 0 Å². The molecule has 1 rings (SSSR count). The molecule has 0 aliphatic heterocycles. The molecule has 1 N–H and O–H groups in total. The van der Waals surface area contributed by atoms with E-state index in [0.717, 1.165) is 5.69 Å². The second kappa shape index (κ2) is 8.37. The number of anilines is 1. The minimum Gasteiger partial charge on any atom is -0.462 e. The summed E-state index contributed by atoms with van der Waals surface area (Å²) in [5, 5.41) is 3.08. The van der Waals surface area contributed by atoms with E-state index in [-0.39, 0.29) is 5.97 Å². The molecule has 0 spiro atoms. The summed E-state index contributed by atoms with van der Waals surface area (Å²) >= 11 is 5.37. The number of benzene rings is 1. The summed E-state index contributed by atoms with van der Waals surface area (Å²) in [5.41, 5.74) is 1.25. The average molecular weight is 317 g/mol. The summed E-state index contributed by atoms with van der Waals surface area (Å²) in [6, 6.07) is 6.87. The zero-order valence-corrected chi connectivity index (χ0v) is 13.6. The second-order valence-corrected chi connectivity index (χ2v) is 6.92. The molecule has 1 aromatic rings. The predicted molar refractivity (Wildman–Crippen MR) is 83.6 cm³/mol. The number of esters is 1. The number of hydrogen-bond acceptors (Lipinski definition) is 5. The zero-order valence-electron chi connectivity index (χ0n) is 11.9. The Kier molecular flexibility index (Phi) is 7.16. The molecule has 0 amide bonds. The van der Waals surface area contributed by atoms with Crippen molar-refractivity contribution in [3.05, 3.63) is 29.8 Å². The van der Waals surface area contributed by atoms with Gasteiger partial charge in [-0.1, -0.05) is 0 Å². The Morgan fingerprint density at radius 1 is 1.10 bits per heavy atom. The first-order valence-electron chi connectivity index (χ1n) is 6.49. The van der Waals surface area contributed by atoms with Crippen LogP contribution in [-0.2, 0) is 25.6 Å². The topological polar surface area (TPSA) is 56.8 Å². The highest BCUT2D eigenvalue weighted by atomic mass is 32.5. The summed E-state index contributed by atoms with van der Waals surface area (Å²) in [5.74, 6) is -0.340. The van der Waals surface area contributed by atoms with Crippen molar-refractivity contribution in [3.63, 3.8) is 0 Å². The van der Waals surface area contributed by atoms with E-state index in [1.807, 2.05) is 13.8 Å². The average Bonchev–Trinajstić information content (AvgIpc) is 2.40. The molecule has 0 saturated heterocycles. The van der Waals surface area contributed by atoms with Crippen LogP contribution in [-0.4, -0.2) is 25.8 Å². The molecule has 0 unspecified atom stereocenters. The van der Waals surface area contributed by atoms with Gasteiger partial charge in [0.2, 0.25) is 0 Å². The summed E-state index contributed by atoms with van der Waals surface area (Å²) < 4.78 is 15.9. The van der Waals surface area contributed by atoms with Crippen molar-refractivity contribution in [2.75, 3.05) is 24.9 Å². The van der Waals surface area contributed by atoms with Crippen LogP contribution in [0, 0.1) is 0 Å². The van der Waals surface area contributed by atoms with E-state index in [1.54, 1.807) is 31.2 Å². The molecule has 5 nitrogen and oxygen atoms in total. The first-order chi connectivity index (χ1) is 9.54. The molecule has 7 heteroatoms. The molecule has 0 aromatic heterocycles. The van der Waals surface area contributed by atoms with E-state index >= 15 is 0 Å². The third-order valence-electron chi connectivity index (χ3n) is 2.26. The molecular formula is C13H20NO4PS. The molecule has 0 radical (unpaired) electrons. The molecule has 0 atom stereocenters. The minimum atomic E-state index is -2.53. The Balaban J connectivity index is 2.77. The van der Waals surface area contributed by atoms with Crippen LogP contribution in [0.15, 0.2) is 24.3 Å². The van der Waals surface area contributed by atoms with Crippen molar-refractivity contribution in [2.45, 2.75) is 20.8 Å². The van der Waals surface area contributed by atoms with Crippen molar-refractivity contribution in [3.8, 4) is 0 Å². The van der Waals surface area contributed by atoms with Crippen LogP contribution in [0.1, 0.15) is 31.1 Å². The van der Waals surface area contributed by atoms with E-state index in [1.165, 1.54) is 0 Å². The first kappa shape index (κ1) is 17.1. The van der Waals surface area contributed by atoms with Gasteiger partial charge in [-0.3, -0.25) is 0 Å². The van der Waals surface area contributed by atoms with Gasteiger partial charge in [-0.05, 0) is 56.8 Å². The van der Waals surface area contributed by atoms with Crippen molar-refractivity contribution in [1.82, 2.24) is 0 Å². The fourth-order valence-electron chi connectivity index (χ4n) is 1.50. The van der Waals surface area contributed by atoms with Gasteiger partial charge in [-0.15, -0.1) is 0 Å². The van der Waals surface area contributed by atoms with Crippen LogP contribution >= 0.6 is 6.64 Å². The number of rotatable bonds is 8. The van der Waals surface area contributed by atoms with E-state index in [4.69, 9.17) is 25.6 Å². The second-order valence-electron chi connectivity index (χ2n) is 3.74. The summed E-state index contributed by atoms with van der Waals surface area (Å²) in [4.78, 5) is 11.5. The van der Waals surface area contributed by atoms with Crippen LogP contribution in [0.2, 0.25) is 0 Å². The quantitative estimate of drug-likeness (QED) is 0.584. The number of nitrogens with one attached hydrogen (secondary N) is 1. The molecule has 0 heterocycles. The highest BCUT2D eigenvalue weighted by molar-refractivity contribution is 8.10. The first-order valence-corrected chi connectivity index (χ1v) is 9.13. The van der Waals surface area contributed by atoms with E-state index in [2.05, 4.69) is 5.09 Å². The molecule has 0 saturated carbocycles. The number of hydrogen-bond donors (Lipinski definition) is 1.